The molecule has 0 saturated heterocycles. The zero-order valence-corrected chi connectivity index (χ0v) is 16.6. The van der Waals surface area contributed by atoms with Gasteiger partial charge in [0.15, 0.2) is 0 Å². The molecule has 6 nitrogen and oxygen atoms in total. The number of hydrogen-bond acceptors (Lipinski definition) is 4. The standard InChI is InChI=1S/C25H19N3O3/c29-24(20-13-19-5-1-4-8-23(19)31-25(20)30)26-14-17-9-11-18(12-10-17)15-28-16-27-21-6-2-3-7-22(21)28/h1-13,16H,14-15H2,(H,26,29). The van der Waals surface area contributed by atoms with Gasteiger partial charge in [0.05, 0.1) is 17.4 Å². The Bertz CT molecular complexity index is 1450. The number of fused-ring (bicyclic) bond motifs is 2. The highest BCUT2D eigenvalue weighted by Gasteiger charge is 2.13. The largest absolute Gasteiger partial charge is 0.422 e. The lowest BCUT2D eigenvalue weighted by Crippen LogP contribution is -2.27. The molecule has 2 aromatic heterocycles. The van der Waals surface area contributed by atoms with E-state index >= 15 is 0 Å². The van der Waals surface area contributed by atoms with Gasteiger partial charge in [0.25, 0.3) is 5.91 Å². The molecule has 152 valence electrons. The van der Waals surface area contributed by atoms with Crippen molar-refractivity contribution in [2.45, 2.75) is 13.1 Å². The van der Waals surface area contributed by atoms with Crippen LogP contribution in [-0.2, 0) is 13.1 Å². The van der Waals surface area contributed by atoms with E-state index in [2.05, 4.69) is 20.9 Å². The van der Waals surface area contributed by atoms with Gasteiger partial charge in [-0.1, -0.05) is 54.6 Å². The number of imidazole rings is 1. The van der Waals surface area contributed by atoms with Gasteiger partial charge in [0, 0.05) is 18.5 Å². The minimum atomic E-state index is -0.640. The number of nitrogens with zero attached hydrogens (tertiary/aromatic N) is 2. The maximum absolute atomic E-state index is 12.5. The van der Waals surface area contributed by atoms with Crippen molar-refractivity contribution in [1.82, 2.24) is 14.9 Å². The molecule has 1 amide bonds. The van der Waals surface area contributed by atoms with Crippen molar-refractivity contribution in [2.24, 2.45) is 0 Å². The SMILES string of the molecule is O=C(NCc1ccc(Cn2cnc3ccccc32)cc1)c1cc2ccccc2oc1=O. The van der Waals surface area contributed by atoms with Crippen LogP contribution in [0.5, 0.6) is 0 Å². The zero-order chi connectivity index (χ0) is 21.2. The molecule has 2 heterocycles. The summed E-state index contributed by atoms with van der Waals surface area (Å²) in [5.74, 6) is -0.450. The minimum Gasteiger partial charge on any atom is -0.422 e. The highest BCUT2D eigenvalue weighted by Crippen LogP contribution is 2.15. The van der Waals surface area contributed by atoms with Gasteiger partial charge < -0.3 is 14.3 Å². The maximum Gasteiger partial charge on any atom is 0.349 e. The second-order valence-corrected chi connectivity index (χ2v) is 7.35. The molecule has 5 rings (SSSR count). The number of nitrogens with one attached hydrogen (secondary N) is 1. The molecule has 0 fully saturated rings. The second kappa shape index (κ2) is 7.91. The van der Waals surface area contributed by atoms with Crippen LogP contribution in [0.4, 0.5) is 0 Å². The first kappa shape index (κ1) is 18.8. The van der Waals surface area contributed by atoms with E-state index in [1.807, 2.05) is 54.9 Å². The molecule has 0 atom stereocenters. The van der Waals surface area contributed by atoms with E-state index in [4.69, 9.17) is 4.42 Å². The molecule has 31 heavy (non-hydrogen) atoms. The number of benzene rings is 3. The molecule has 1 N–H and O–H groups in total. The van der Waals surface area contributed by atoms with E-state index < -0.39 is 11.5 Å². The van der Waals surface area contributed by atoms with Crippen LogP contribution in [0.25, 0.3) is 22.0 Å². The van der Waals surface area contributed by atoms with Crippen molar-refractivity contribution in [3.63, 3.8) is 0 Å². The van der Waals surface area contributed by atoms with Crippen LogP contribution < -0.4 is 10.9 Å². The van der Waals surface area contributed by atoms with Gasteiger partial charge in [-0.15, -0.1) is 0 Å². The fraction of sp³-hybridized carbons (Fsp3) is 0.0800. The van der Waals surface area contributed by atoms with Gasteiger partial charge in [-0.05, 0) is 35.4 Å². The Morgan fingerprint density at radius 2 is 1.68 bits per heavy atom. The monoisotopic (exact) mass is 409 g/mol. The summed E-state index contributed by atoms with van der Waals surface area (Å²) in [6.07, 6.45) is 1.84. The number of hydrogen-bond donors (Lipinski definition) is 1. The molecule has 0 aliphatic rings. The zero-order valence-electron chi connectivity index (χ0n) is 16.6. The lowest BCUT2D eigenvalue weighted by molar-refractivity contribution is 0.0947. The predicted molar refractivity (Wildman–Crippen MR) is 119 cm³/mol. The summed E-state index contributed by atoms with van der Waals surface area (Å²) < 4.78 is 7.34. The van der Waals surface area contributed by atoms with Crippen molar-refractivity contribution in [3.8, 4) is 0 Å². The van der Waals surface area contributed by atoms with Crippen molar-refractivity contribution >= 4 is 27.9 Å². The van der Waals surface area contributed by atoms with Crippen LogP contribution in [0.15, 0.2) is 94.4 Å². The Morgan fingerprint density at radius 3 is 2.55 bits per heavy atom. The fourth-order valence-electron chi connectivity index (χ4n) is 3.59. The van der Waals surface area contributed by atoms with Crippen LogP contribution in [0.3, 0.4) is 0 Å². The van der Waals surface area contributed by atoms with Crippen LogP contribution in [0.1, 0.15) is 21.5 Å². The summed E-state index contributed by atoms with van der Waals surface area (Å²) in [6, 6.07) is 24.7. The summed E-state index contributed by atoms with van der Waals surface area (Å²) in [5.41, 5.74) is 3.96. The molecule has 0 saturated carbocycles. The third-order valence-electron chi connectivity index (χ3n) is 5.24. The summed E-state index contributed by atoms with van der Waals surface area (Å²) >= 11 is 0. The number of aromatic nitrogens is 2. The Labute approximate surface area is 177 Å². The first-order valence-corrected chi connectivity index (χ1v) is 9.96. The fourth-order valence-corrected chi connectivity index (χ4v) is 3.59. The van der Waals surface area contributed by atoms with Crippen LogP contribution in [0.2, 0.25) is 0 Å². The Kier molecular flexibility index (Phi) is 4.80. The quantitative estimate of drug-likeness (QED) is 0.443. The lowest BCUT2D eigenvalue weighted by atomic mass is 10.1. The maximum atomic E-state index is 12.5. The molecule has 0 bridgehead atoms. The number of para-hydroxylation sites is 3. The summed E-state index contributed by atoms with van der Waals surface area (Å²) in [4.78, 5) is 29.1. The Hall–Kier alpha value is -4.19. The molecule has 0 radical (unpaired) electrons. The van der Waals surface area contributed by atoms with E-state index in [-0.39, 0.29) is 5.56 Å². The average molecular weight is 409 g/mol. The molecule has 3 aromatic carbocycles. The summed E-state index contributed by atoms with van der Waals surface area (Å²) in [7, 11) is 0. The number of amides is 1. The van der Waals surface area contributed by atoms with E-state index in [0.717, 1.165) is 22.2 Å². The van der Waals surface area contributed by atoms with Crippen molar-refractivity contribution < 1.29 is 9.21 Å². The Morgan fingerprint density at radius 1 is 0.935 bits per heavy atom. The van der Waals surface area contributed by atoms with Crippen molar-refractivity contribution in [1.29, 1.82) is 0 Å². The molecule has 6 heteroatoms. The van der Waals surface area contributed by atoms with Crippen LogP contribution in [0, 0.1) is 0 Å². The molecule has 0 unspecified atom stereocenters. The number of carbonyl (C=O) groups is 1. The molecule has 0 aliphatic carbocycles. The topological polar surface area (TPSA) is 77.1 Å². The highest BCUT2D eigenvalue weighted by atomic mass is 16.4. The van der Waals surface area contributed by atoms with Gasteiger partial charge in [0.1, 0.15) is 11.1 Å². The van der Waals surface area contributed by atoms with Gasteiger partial charge in [-0.25, -0.2) is 9.78 Å². The van der Waals surface area contributed by atoms with Gasteiger partial charge >= 0.3 is 5.63 Å². The van der Waals surface area contributed by atoms with E-state index in [1.165, 1.54) is 0 Å². The van der Waals surface area contributed by atoms with E-state index in [1.54, 1.807) is 24.3 Å². The molecule has 5 aromatic rings. The predicted octanol–water partition coefficient (Wildman–Crippen LogP) is 4.12. The van der Waals surface area contributed by atoms with E-state index in [9.17, 15) is 9.59 Å². The highest BCUT2D eigenvalue weighted by molar-refractivity contribution is 5.96. The first-order chi connectivity index (χ1) is 15.2. The number of carbonyl (C=O) groups excluding carboxylic acids is 1. The van der Waals surface area contributed by atoms with Gasteiger partial charge in [0.2, 0.25) is 0 Å². The second-order valence-electron chi connectivity index (χ2n) is 7.35. The summed E-state index contributed by atoms with van der Waals surface area (Å²) in [5, 5.41) is 3.51. The minimum absolute atomic E-state index is 0.00214. The third-order valence-corrected chi connectivity index (χ3v) is 5.24. The average Bonchev–Trinajstić information content (AvgIpc) is 3.21. The molecule has 0 spiro atoms. The van der Waals surface area contributed by atoms with Crippen molar-refractivity contribution in [3.05, 3.63) is 112 Å². The third kappa shape index (κ3) is 3.83. The van der Waals surface area contributed by atoms with Gasteiger partial charge in [-0.3, -0.25) is 4.79 Å². The van der Waals surface area contributed by atoms with E-state index in [0.29, 0.717) is 24.1 Å². The molecular weight excluding hydrogens is 390 g/mol. The van der Waals surface area contributed by atoms with Gasteiger partial charge in [-0.2, -0.15) is 0 Å². The first-order valence-electron chi connectivity index (χ1n) is 9.96. The molecular formula is C25H19N3O3. The molecule has 0 aliphatic heterocycles. The summed E-state index contributed by atoms with van der Waals surface area (Å²) in [6.45, 7) is 1.03. The van der Waals surface area contributed by atoms with Crippen LogP contribution >= 0.6 is 0 Å². The smallest absolute Gasteiger partial charge is 0.349 e. The lowest BCUT2D eigenvalue weighted by Gasteiger charge is -2.08. The normalized spacial score (nSPS) is 11.1. The number of rotatable bonds is 5. The van der Waals surface area contributed by atoms with Crippen molar-refractivity contribution in [2.75, 3.05) is 0 Å². The van der Waals surface area contributed by atoms with Crippen LogP contribution in [-0.4, -0.2) is 15.5 Å². The Balaban J connectivity index is 1.26.